The fraction of sp³-hybridized carbons (Fsp3) is 0.571. The minimum Gasteiger partial charge on any atom is -0.359 e. The van der Waals surface area contributed by atoms with Crippen LogP contribution in [0, 0.1) is 0 Å². The van der Waals surface area contributed by atoms with E-state index in [1.165, 1.54) is 10.3 Å². The van der Waals surface area contributed by atoms with Crippen LogP contribution in [-0.4, -0.2) is 30.1 Å². The van der Waals surface area contributed by atoms with Gasteiger partial charge in [0.2, 0.25) is 5.95 Å². The number of nitrogens with zero attached hydrogens (tertiary/aromatic N) is 3. The smallest absolute Gasteiger partial charge is 0.226 e. The number of aromatic nitrogens is 2. The number of hydrogen-bond acceptors (Lipinski definition) is 5. The molecule has 0 atom stereocenters. The maximum atomic E-state index is 4.67. The van der Waals surface area contributed by atoms with Gasteiger partial charge in [-0.2, -0.15) is 4.98 Å². The van der Waals surface area contributed by atoms with E-state index in [1.807, 2.05) is 0 Å². The van der Waals surface area contributed by atoms with Crippen molar-refractivity contribution in [3.63, 3.8) is 0 Å². The molecule has 0 aliphatic heterocycles. The maximum absolute atomic E-state index is 4.67. The Labute approximate surface area is 118 Å². The molecule has 0 spiro atoms. The van der Waals surface area contributed by atoms with Gasteiger partial charge in [0, 0.05) is 25.0 Å². The van der Waals surface area contributed by atoms with Gasteiger partial charge in [0.25, 0.3) is 0 Å². The van der Waals surface area contributed by atoms with Crippen molar-refractivity contribution in [2.24, 2.45) is 0 Å². The molecule has 104 valence electrons. The second kappa shape index (κ2) is 6.19. The monoisotopic (exact) mass is 278 g/mol. The summed E-state index contributed by atoms with van der Waals surface area (Å²) in [5, 5.41) is 4.40. The molecule has 0 aliphatic carbocycles. The van der Waals surface area contributed by atoms with Crippen molar-refractivity contribution in [3.8, 4) is 0 Å². The summed E-state index contributed by atoms with van der Waals surface area (Å²) >= 11 is 1.77. The molecule has 0 aromatic carbocycles. The lowest BCUT2D eigenvalue weighted by atomic mass is 10.3. The Morgan fingerprint density at radius 1 is 1.26 bits per heavy atom. The summed E-state index contributed by atoms with van der Waals surface area (Å²) in [6.07, 6.45) is 2.16. The highest BCUT2D eigenvalue weighted by Crippen LogP contribution is 2.31. The van der Waals surface area contributed by atoms with E-state index in [2.05, 4.69) is 54.1 Å². The fourth-order valence-corrected chi connectivity index (χ4v) is 3.06. The van der Waals surface area contributed by atoms with E-state index in [0.717, 1.165) is 42.5 Å². The van der Waals surface area contributed by atoms with Crippen molar-refractivity contribution in [2.75, 3.05) is 30.4 Å². The summed E-state index contributed by atoms with van der Waals surface area (Å²) in [7, 11) is 2.10. The quantitative estimate of drug-likeness (QED) is 0.877. The first kappa shape index (κ1) is 14.1. The third-order valence-electron chi connectivity index (χ3n) is 3.03. The van der Waals surface area contributed by atoms with Gasteiger partial charge in [-0.25, -0.2) is 4.98 Å². The molecule has 0 fully saturated rings. The second-order valence-corrected chi connectivity index (χ2v) is 5.72. The predicted octanol–water partition coefficient (Wildman–Crippen LogP) is 3.53. The van der Waals surface area contributed by atoms with Gasteiger partial charge in [0.05, 0.1) is 5.39 Å². The lowest BCUT2D eigenvalue weighted by Crippen LogP contribution is -2.20. The van der Waals surface area contributed by atoms with E-state index in [-0.39, 0.29) is 0 Å². The molecule has 0 bridgehead atoms. The first-order valence-electron chi connectivity index (χ1n) is 6.95. The normalized spacial score (nSPS) is 10.9. The number of rotatable bonds is 6. The van der Waals surface area contributed by atoms with E-state index in [1.54, 1.807) is 11.3 Å². The summed E-state index contributed by atoms with van der Waals surface area (Å²) in [4.78, 5) is 13.9. The van der Waals surface area contributed by atoms with Crippen molar-refractivity contribution in [3.05, 3.63) is 10.9 Å². The zero-order chi connectivity index (χ0) is 13.8. The van der Waals surface area contributed by atoms with Gasteiger partial charge < -0.3 is 10.2 Å². The molecule has 2 aromatic rings. The number of thiophene rings is 1. The fourth-order valence-electron chi connectivity index (χ4n) is 2.10. The summed E-state index contributed by atoms with van der Waals surface area (Å²) < 4.78 is 0. The Morgan fingerprint density at radius 2 is 2.05 bits per heavy atom. The van der Waals surface area contributed by atoms with Crippen LogP contribution >= 0.6 is 11.3 Å². The number of aryl methyl sites for hydroxylation is 1. The van der Waals surface area contributed by atoms with E-state index >= 15 is 0 Å². The second-order valence-electron chi connectivity index (χ2n) is 4.61. The van der Waals surface area contributed by atoms with Gasteiger partial charge in [-0.05, 0) is 25.8 Å². The summed E-state index contributed by atoms with van der Waals surface area (Å²) in [6, 6.07) is 2.23. The lowest BCUT2D eigenvalue weighted by Gasteiger charge is -2.18. The molecule has 0 amide bonds. The lowest BCUT2D eigenvalue weighted by molar-refractivity contribution is 0.840. The average Bonchev–Trinajstić information content (AvgIpc) is 2.81. The first-order valence-corrected chi connectivity index (χ1v) is 7.76. The van der Waals surface area contributed by atoms with Gasteiger partial charge in [0.15, 0.2) is 0 Å². The minimum atomic E-state index is 0.734. The van der Waals surface area contributed by atoms with Gasteiger partial charge >= 0.3 is 0 Å². The maximum Gasteiger partial charge on any atom is 0.226 e. The van der Waals surface area contributed by atoms with Crippen LogP contribution in [0.5, 0.6) is 0 Å². The highest BCUT2D eigenvalue weighted by Gasteiger charge is 2.13. The number of nitrogens with one attached hydrogen (secondary N) is 1. The van der Waals surface area contributed by atoms with Crippen LogP contribution in [-0.2, 0) is 6.42 Å². The molecule has 0 radical (unpaired) electrons. The molecule has 2 heterocycles. The Hall–Kier alpha value is -1.36. The van der Waals surface area contributed by atoms with Crippen LogP contribution in [0.1, 0.15) is 32.1 Å². The molecule has 0 aliphatic rings. The average molecular weight is 278 g/mol. The Kier molecular flexibility index (Phi) is 4.58. The van der Waals surface area contributed by atoms with Crippen molar-refractivity contribution in [1.29, 1.82) is 0 Å². The number of hydrogen-bond donors (Lipinski definition) is 1. The van der Waals surface area contributed by atoms with E-state index in [9.17, 15) is 0 Å². The predicted molar refractivity (Wildman–Crippen MR) is 84.5 cm³/mol. The molecule has 0 saturated carbocycles. The third kappa shape index (κ3) is 2.97. The topological polar surface area (TPSA) is 41.1 Å². The Morgan fingerprint density at radius 3 is 2.68 bits per heavy atom. The van der Waals surface area contributed by atoms with Crippen LogP contribution in [0.2, 0.25) is 0 Å². The van der Waals surface area contributed by atoms with Gasteiger partial charge in [-0.3, -0.25) is 0 Å². The van der Waals surface area contributed by atoms with E-state index < -0.39 is 0 Å². The van der Waals surface area contributed by atoms with Crippen molar-refractivity contribution < 1.29 is 0 Å². The standard InChI is InChI=1S/C14H22N4S/c1-5-8-18(4)12-11-9-10(6-2)19-13(11)17-14(16-12)15-7-3/h9H,5-8H2,1-4H3,(H,15,16,17). The molecule has 2 aromatic heterocycles. The molecular formula is C14H22N4S. The summed E-state index contributed by atoms with van der Waals surface area (Å²) in [5.41, 5.74) is 0. The summed E-state index contributed by atoms with van der Waals surface area (Å²) in [6.45, 7) is 8.28. The van der Waals surface area contributed by atoms with Gasteiger partial charge in [-0.15, -0.1) is 11.3 Å². The molecule has 5 heteroatoms. The first-order chi connectivity index (χ1) is 9.19. The number of anilines is 2. The highest BCUT2D eigenvalue weighted by atomic mass is 32.1. The van der Waals surface area contributed by atoms with E-state index in [4.69, 9.17) is 0 Å². The molecule has 4 nitrogen and oxygen atoms in total. The molecule has 1 N–H and O–H groups in total. The van der Waals surface area contributed by atoms with Crippen LogP contribution in [0.4, 0.5) is 11.8 Å². The highest BCUT2D eigenvalue weighted by molar-refractivity contribution is 7.18. The van der Waals surface area contributed by atoms with Crippen molar-refractivity contribution >= 4 is 33.3 Å². The SMILES string of the molecule is CCCN(C)c1nc(NCC)nc2sc(CC)cc12. The van der Waals surface area contributed by atoms with Crippen LogP contribution < -0.4 is 10.2 Å². The zero-order valence-electron chi connectivity index (χ0n) is 12.2. The molecule has 19 heavy (non-hydrogen) atoms. The molecule has 2 rings (SSSR count). The Balaban J connectivity index is 2.52. The van der Waals surface area contributed by atoms with Crippen molar-refractivity contribution in [2.45, 2.75) is 33.6 Å². The molecule has 0 unspecified atom stereocenters. The summed E-state index contributed by atoms with van der Waals surface area (Å²) in [5.74, 6) is 1.77. The van der Waals surface area contributed by atoms with Crippen LogP contribution in [0.25, 0.3) is 10.2 Å². The minimum absolute atomic E-state index is 0.734. The number of fused-ring (bicyclic) bond motifs is 1. The zero-order valence-corrected chi connectivity index (χ0v) is 13.0. The third-order valence-corrected chi connectivity index (χ3v) is 4.20. The van der Waals surface area contributed by atoms with Crippen LogP contribution in [0.15, 0.2) is 6.07 Å². The van der Waals surface area contributed by atoms with Gasteiger partial charge in [0.1, 0.15) is 10.6 Å². The van der Waals surface area contributed by atoms with Crippen LogP contribution in [0.3, 0.4) is 0 Å². The molecule has 0 saturated heterocycles. The van der Waals surface area contributed by atoms with Gasteiger partial charge in [-0.1, -0.05) is 13.8 Å². The van der Waals surface area contributed by atoms with Crippen molar-refractivity contribution in [1.82, 2.24) is 9.97 Å². The largest absolute Gasteiger partial charge is 0.359 e. The Bertz CT molecular complexity index is 550. The van der Waals surface area contributed by atoms with E-state index in [0.29, 0.717) is 0 Å². The molecular weight excluding hydrogens is 256 g/mol.